The van der Waals surface area contributed by atoms with Crippen molar-refractivity contribution in [3.8, 4) is 11.6 Å². The maximum atomic E-state index is 13.3. The van der Waals surface area contributed by atoms with Gasteiger partial charge in [-0.25, -0.2) is 4.79 Å². The molecule has 0 aliphatic rings. The standard InChI is InChI=1S/C24H20ClF3N4O4/c1-35-23(34)18(10-14-12-29-17-8-4-2-6-15(14)17)30-21(33)13-36-22-11-20(24(26,27)28)31-32(22)19-9-5-3-7-16(19)25/h2-9,11-12,18,29H,10,13H2,1H3,(H,30,33)/t18-/m1/s1. The number of H-pyrrole nitrogens is 1. The lowest BCUT2D eigenvalue weighted by Crippen LogP contribution is -2.45. The number of amides is 1. The minimum atomic E-state index is -4.75. The van der Waals surface area contributed by atoms with E-state index in [-0.39, 0.29) is 23.0 Å². The third-order valence-corrected chi connectivity index (χ3v) is 5.64. The van der Waals surface area contributed by atoms with Gasteiger partial charge in [0.05, 0.1) is 17.8 Å². The summed E-state index contributed by atoms with van der Waals surface area (Å²) in [5.41, 5.74) is 0.550. The van der Waals surface area contributed by atoms with Crippen LogP contribution in [0.2, 0.25) is 5.02 Å². The molecule has 8 nitrogen and oxygen atoms in total. The predicted molar refractivity (Wildman–Crippen MR) is 125 cm³/mol. The Kier molecular flexibility index (Phi) is 7.20. The van der Waals surface area contributed by atoms with Gasteiger partial charge in [-0.3, -0.25) is 4.79 Å². The van der Waals surface area contributed by atoms with Crippen molar-refractivity contribution in [2.45, 2.75) is 18.6 Å². The van der Waals surface area contributed by atoms with Crippen molar-refractivity contribution in [1.82, 2.24) is 20.1 Å². The lowest BCUT2D eigenvalue weighted by molar-refractivity contribution is -0.145. The molecular formula is C24H20ClF3N4O4. The monoisotopic (exact) mass is 520 g/mol. The molecule has 0 aliphatic carbocycles. The molecule has 2 N–H and O–H groups in total. The first-order chi connectivity index (χ1) is 17.2. The van der Waals surface area contributed by atoms with Gasteiger partial charge in [-0.1, -0.05) is 41.9 Å². The summed E-state index contributed by atoms with van der Waals surface area (Å²) in [6, 6.07) is 13.2. The molecule has 0 saturated carbocycles. The lowest BCUT2D eigenvalue weighted by atomic mass is 10.0. The number of esters is 1. The molecule has 2 aromatic heterocycles. The molecule has 0 spiro atoms. The predicted octanol–water partition coefficient (Wildman–Crippen LogP) is 4.31. The van der Waals surface area contributed by atoms with Gasteiger partial charge in [0.25, 0.3) is 5.91 Å². The second-order valence-electron chi connectivity index (χ2n) is 7.72. The second kappa shape index (κ2) is 10.3. The van der Waals surface area contributed by atoms with Crippen LogP contribution in [0.5, 0.6) is 5.88 Å². The maximum absolute atomic E-state index is 13.3. The van der Waals surface area contributed by atoms with E-state index in [4.69, 9.17) is 21.1 Å². The first kappa shape index (κ1) is 25.1. The molecule has 0 radical (unpaired) electrons. The Morgan fingerprint density at radius 3 is 2.61 bits per heavy atom. The van der Waals surface area contributed by atoms with E-state index in [0.717, 1.165) is 21.1 Å². The van der Waals surface area contributed by atoms with E-state index in [9.17, 15) is 22.8 Å². The van der Waals surface area contributed by atoms with Crippen LogP contribution in [0.3, 0.4) is 0 Å². The fourth-order valence-corrected chi connectivity index (χ4v) is 3.85. The zero-order valence-electron chi connectivity index (χ0n) is 18.8. The highest BCUT2D eigenvalue weighted by Crippen LogP contribution is 2.33. The van der Waals surface area contributed by atoms with E-state index in [2.05, 4.69) is 15.4 Å². The van der Waals surface area contributed by atoms with Gasteiger partial charge >= 0.3 is 12.1 Å². The fraction of sp³-hybridized carbons (Fsp3) is 0.208. The zero-order chi connectivity index (χ0) is 25.9. The summed E-state index contributed by atoms with van der Waals surface area (Å²) in [4.78, 5) is 28.0. The summed E-state index contributed by atoms with van der Waals surface area (Å²) < 4.78 is 50.9. The molecule has 1 amide bonds. The molecule has 2 heterocycles. The van der Waals surface area contributed by atoms with Crippen molar-refractivity contribution in [3.05, 3.63) is 77.1 Å². The number of methoxy groups -OCH3 is 1. The third-order valence-electron chi connectivity index (χ3n) is 5.32. The van der Waals surface area contributed by atoms with Crippen molar-refractivity contribution in [3.63, 3.8) is 0 Å². The SMILES string of the molecule is COC(=O)[C@@H](Cc1c[nH]c2ccccc12)NC(=O)COc1cc(C(F)(F)F)nn1-c1ccccc1Cl. The number of halogens is 4. The average Bonchev–Trinajstić information content (AvgIpc) is 3.47. The minimum absolute atomic E-state index is 0.123. The first-order valence-electron chi connectivity index (χ1n) is 10.6. The van der Waals surface area contributed by atoms with Crippen LogP contribution in [-0.4, -0.2) is 46.4 Å². The van der Waals surface area contributed by atoms with Crippen LogP contribution >= 0.6 is 11.6 Å². The number of aromatic nitrogens is 3. The molecule has 12 heteroatoms. The summed E-state index contributed by atoms with van der Waals surface area (Å²) in [5.74, 6) is -1.78. The summed E-state index contributed by atoms with van der Waals surface area (Å²) in [6.45, 7) is -0.686. The molecule has 0 unspecified atom stereocenters. The van der Waals surface area contributed by atoms with Crippen LogP contribution in [0, 0.1) is 0 Å². The zero-order valence-corrected chi connectivity index (χ0v) is 19.6. The molecule has 188 valence electrons. The number of hydrogen-bond donors (Lipinski definition) is 2. The number of nitrogens with one attached hydrogen (secondary N) is 2. The normalized spacial score (nSPS) is 12.4. The molecule has 4 rings (SSSR count). The molecule has 2 aromatic carbocycles. The Labute approximate surface area is 207 Å². The first-order valence-corrected chi connectivity index (χ1v) is 11.0. The molecule has 1 atom stereocenters. The fourth-order valence-electron chi connectivity index (χ4n) is 3.63. The number of para-hydroxylation sites is 2. The summed E-state index contributed by atoms with van der Waals surface area (Å²) >= 11 is 6.11. The minimum Gasteiger partial charge on any atom is -0.467 e. The van der Waals surface area contributed by atoms with Crippen molar-refractivity contribution in [2.75, 3.05) is 13.7 Å². The van der Waals surface area contributed by atoms with Gasteiger partial charge in [0.2, 0.25) is 5.88 Å². The molecule has 4 aromatic rings. The number of fused-ring (bicyclic) bond motifs is 1. The Balaban J connectivity index is 1.51. The Morgan fingerprint density at radius 1 is 1.17 bits per heavy atom. The molecule has 0 bridgehead atoms. The van der Waals surface area contributed by atoms with Crippen molar-refractivity contribution < 1.29 is 32.2 Å². The summed E-state index contributed by atoms with van der Waals surface area (Å²) in [6.07, 6.45) is -2.90. The van der Waals surface area contributed by atoms with E-state index < -0.39 is 36.4 Å². The van der Waals surface area contributed by atoms with Gasteiger partial charge in [0.15, 0.2) is 12.3 Å². The largest absolute Gasteiger partial charge is 0.467 e. The van der Waals surface area contributed by atoms with E-state index in [0.29, 0.717) is 6.07 Å². The van der Waals surface area contributed by atoms with Crippen LogP contribution in [0.25, 0.3) is 16.6 Å². The number of carbonyl (C=O) groups excluding carboxylic acids is 2. The smallest absolute Gasteiger partial charge is 0.435 e. The highest BCUT2D eigenvalue weighted by Gasteiger charge is 2.36. The molecule has 0 saturated heterocycles. The van der Waals surface area contributed by atoms with Crippen LogP contribution in [-0.2, 0) is 26.9 Å². The Hall–Kier alpha value is -3.99. The number of carbonyl (C=O) groups is 2. The maximum Gasteiger partial charge on any atom is 0.435 e. The number of ether oxygens (including phenoxy) is 2. The summed E-state index contributed by atoms with van der Waals surface area (Å²) in [7, 11) is 1.19. The third kappa shape index (κ3) is 5.46. The number of alkyl halides is 3. The molecular weight excluding hydrogens is 501 g/mol. The van der Waals surface area contributed by atoms with Gasteiger partial charge in [0, 0.05) is 29.6 Å². The van der Waals surface area contributed by atoms with Gasteiger partial charge in [-0.05, 0) is 23.8 Å². The van der Waals surface area contributed by atoms with E-state index >= 15 is 0 Å². The molecule has 0 fully saturated rings. The number of aromatic amines is 1. The summed E-state index contributed by atoms with van der Waals surface area (Å²) in [5, 5.41) is 7.07. The van der Waals surface area contributed by atoms with Crippen molar-refractivity contribution >= 4 is 34.4 Å². The Bertz CT molecular complexity index is 1400. The van der Waals surface area contributed by atoms with Gasteiger partial charge < -0.3 is 19.8 Å². The van der Waals surface area contributed by atoms with Crippen LogP contribution < -0.4 is 10.1 Å². The van der Waals surface area contributed by atoms with Crippen LogP contribution in [0.4, 0.5) is 13.2 Å². The number of rotatable bonds is 8. The quantitative estimate of drug-likeness (QED) is 0.337. The van der Waals surface area contributed by atoms with E-state index in [1.54, 1.807) is 18.3 Å². The van der Waals surface area contributed by atoms with E-state index in [1.165, 1.54) is 19.2 Å². The number of nitrogens with zero attached hydrogens (tertiary/aromatic N) is 2. The van der Waals surface area contributed by atoms with Crippen LogP contribution in [0.15, 0.2) is 60.8 Å². The highest BCUT2D eigenvalue weighted by atomic mass is 35.5. The molecule has 0 aliphatic heterocycles. The van der Waals surface area contributed by atoms with Gasteiger partial charge in [-0.15, -0.1) is 0 Å². The second-order valence-corrected chi connectivity index (χ2v) is 8.13. The van der Waals surface area contributed by atoms with Gasteiger partial charge in [0.1, 0.15) is 6.04 Å². The number of hydrogen-bond acceptors (Lipinski definition) is 5. The van der Waals surface area contributed by atoms with Gasteiger partial charge in [-0.2, -0.15) is 23.0 Å². The van der Waals surface area contributed by atoms with Crippen LogP contribution in [0.1, 0.15) is 11.3 Å². The number of benzene rings is 2. The lowest BCUT2D eigenvalue weighted by Gasteiger charge is -2.17. The Morgan fingerprint density at radius 2 is 1.89 bits per heavy atom. The van der Waals surface area contributed by atoms with E-state index in [1.807, 2.05) is 24.3 Å². The molecule has 36 heavy (non-hydrogen) atoms. The highest BCUT2D eigenvalue weighted by molar-refractivity contribution is 6.32. The van der Waals surface area contributed by atoms with Crippen molar-refractivity contribution in [1.29, 1.82) is 0 Å². The average molecular weight is 521 g/mol. The topological polar surface area (TPSA) is 98.2 Å². The van der Waals surface area contributed by atoms with Crippen molar-refractivity contribution in [2.24, 2.45) is 0 Å².